The molecule has 4 atom stereocenters. The molecule has 0 radical (unpaired) electrons. The normalized spacial score (nSPS) is 50.4. The zero-order chi connectivity index (χ0) is 20.1. The van der Waals surface area contributed by atoms with Gasteiger partial charge in [-0.1, -0.05) is 6.07 Å². The number of rotatable bonds is 3. The van der Waals surface area contributed by atoms with Crippen molar-refractivity contribution >= 4 is 0 Å². The summed E-state index contributed by atoms with van der Waals surface area (Å²) in [6.45, 7) is 0.436. The van der Waals surface area contributed by atoms with Gasteiger partial charge in [-0.3, -0.25) is 0 Å². The second-order valence-corrected chi connectivity index (χ2v) is 11.1. The van der Waals surface area contributed by atoms with Crippen LogP contribution in [0.1, 0.15) is 74.8 Å². The van der Waals surface area contributed by atoms with Crippen LogP contribution in [-0.2, 0) is 25.9 Å². The standard InChI is InChI=1S/C25H32O5/c1-27-14-17-8-16(2-3-22(17)26)15-4-6-24(7-5-15)28-25(30-29-24)20-10-18-9-19-11-21(25)13-23(18,19)12-20/h2-3,8,15,18-21,26H,4-7,9-14H2,1H3. The Morgan fingerprint density at radius 2 is 1.70 bits per heavy atom. The van der Waals surface area contributed by atoms with E-state index in [1.54, 1.807) is 13.2 Å². The minimum Gasteiger partial charge on any atom is -0.508 e. The third kappa shape index (κ3) is 2.22. The zero-order valence-electron chi connectivity index (χ0n) is 17.8. The van der Waals surface area contributed by atoms with Crippen LogP contribution in [0.2, 0.25) is 0 Å². The summed E-state index contributed by atoms with van der Waals surface area (Å²) < 4.78 is 12.1. The molecule has 1 heterocycles. The minimum absolute atomic E-state index is 0.310. The molecule has 162 valence electrons. The fraction of sp³-hybridized carbons (Fsp3) is 0.760. The van der Waals surface area contributed by atoms with Gasteiger partial charge in [0, 0.05) is 37.4 Å². The summed E-state index contributed by atoms with van der Waals surface area (Å²) in [6, 6.07) is 5.95. The predicted molar refractivity (Wildman–Crippen MR) is 108 cm³/mol. The van der Waals surface area contributed by atoms with Gasteiger partial charge < -0.3 is 14.6 Å². The first kappa shape index (κ1) is 18.4. The summed E-state index contributed by atoms with van der Waals surface area (Å²) in [4.78, 5) is 12.3. The van der Waals surface area contributed by atoms with E-state index in [1.807, 2.05) is 0 Å². The number of fused-ring (bicyclic) bond motifs is 4. The highest BCUT2D eigenvalue weighted by Gasteiger charge is 2.77. The Morgan fingerprint density at radius 1 is 1.00 bits per heavy atom. The molecule has 1 saturated heterocycles. The molecule has 7 rings (SSSR count). The van der Waals surface area contributed by atoms with Gasteiger partial charge in [0.05, 0.1) is 6.61 Å². The van der Waals surface area contributed by atoms with Crippen molar-refractivity contribution in [1.29, 1.82) is 0 Å². The Labute approximate surface area is 178 Å². The maximum atomic E-state index is 10.1. The molecule has 4 unspecified atom stereocenters. The highest BCUT2D eigenvalue weighted by molar-refractivity contribution is 5.37. The molecular weight excluding hydrogens is 380 g/mol. The average Bonchev–Trinajstić information content (AvgIpc) is 3.33. The van der Waals surface area contributed by atoms with E-state index < -0.39 is 11.6 Å². The number of hydrogen-bond acceptors (Lipinski definition) is 5. The Bertz CT molecular complexity index is 848. The number of phenolic OH excluding ortho intramolecular Hbond substituents is 1. The lowest BCUT2D eigenvalue weighted by atomic mass is 9.56. The van der Waals surface area contributed by atoms with Crippen LogP contribution >= 0.6 is 0 Å². The molecule has 0 aromatic heterocycles. The van der Waals surface area contributed by atoms with Gasteiger partial charge in [-0.15, -0.1) is 0 Å². The van der Waals surface area contributed by atoms with Gasteiger partial charge in [0.25, 0.3) is 0 Å². The molecule has 3 spiro atoms. The maximum Gasteiger partial charge on any atom is 0.210 e. The lowest BCUT2D eigenvalue weighted by Crippen LogP contribution is -2.50. The van der Waals surface area contributed by atoms with Crippen LogP contribution in [0, 0.1) is 29.1 Å². The van der Waals surface area contributed by atoms with Crippen molar-refractivity contribution in [1.82, 2.24) is 0 Å². The van der Waals surface area contributed by atoms with Gasteiger partial charge in [0.2, 0.25) is 11.6 Å². The maximum absolute atomic E-state index is 10.1. The van der Waals surface area contributed by atoms with Crippen LogP contribution in [0.5, 0.6) is 5.75 Å². The van der Waals surface area contributed by atoms with Crippen molar-refractivity contribution in [3.05, 3.63) is 29.3 Å². The van der Waals surface area contributed by atoms with E-state index in [2.05, 4.69) is 12.1 Å². The molecule has 3 bridgehead atoms. The average molecular weight is 413 g/mol. The summed E-state index contributed by atoms with van der Waals surface area (Å²) >= 11 is 0. The fourth-order valence-corrected chi connectivity index (χ4v) is 8.59. The Kier molecular flexibility index (Phi) is 3.69. The number of ether oxygens (including phenoxy) is 2. The van der Waals surface area contributed by atoms with Gasteiger partial charge in [-0.05, 0) is 85.8 Å². The second-order valence-electron chi connectivity index (χ2n) is 11.1. The summed E-state index contributed by atoms with van der Waals surface area (Å²) in [5.41, 5.74) is 2.79. The Hall–Kier alpha value is -1.14. The van der Waals surface area contributed by atoms with Crippen molar-refractivity contribution in [3.63, 3.8) is 0 Å². The van der Waals surface area contributed by atoms with Crippen LogP contribution in [0.25, 0.3) is 0 Å². The van der Waals surface area contributed by atoms with Crippen LogP contribution in [0.15, 0.2) is 18.2 Å². The van der Waals surface area contributed by atoms with Gasteiger partial charge >= 0.3 is 0 Å². The summed E-state index contributed by atoms with van der Waals surface area (Å²) in [5.74, 6) is 2.64. The second kappa shape index (κ2) is 6.00. The largest absolute Gasteiger partial charge is 0.508 e. The first-order valence-corrected chi connectivity index (χ1v) is 11.9. The first-order chi connectivity index (χ1) is 14.6. The first-order valence-electron chi connectivity index (χ1n) is 11.9. The molecule has 1 aliphatic heterocycles. The predicted octanol–water partition coefficient (Wildman–Crippen LogP) is 5.02. The quantitative estimate of drug-likeness (QED) is 0.706. The molecule has 30 heavy (non-hydrogen) atoms. The van der Waals surface area contributed by atoms with Crippen LogP contribution in [0.3, 0.4) is 0 Å². The lowest BCUT2D eigenvalue weighted by molar-refractivity contribution is -0.374. The summed E-state index contributed by atoms with van der Waals surface area (Å²) in [6.07, 6.45) is 10.4. The number of aromatic hydroxyl groups is 1. The lowest BCUT2D eigenvalue weighted by Gasteiger charge is -2.49. The van der Waals surface area contributed by atoms with Crippen LogP contribution < -0.4 is 0 Å². The zero-order valence-corrected chi connectivity index (χ0v) is 17.8. The topological polar surface area (TPSA) is 57.2 Å². The SMILES string of the molecule is COCc1cc(C2CCC3(CC2)OOC2(O3)C3CC4CC5CC2CC45C3)ccc1O. The molecule has 5 aliphatic carbocycles. The van der Waals surface area contributed by atoms with E-state index in [0.717, 1.165) is 43.1 Å². The van der Waals surface area contributed by atoms with Gasteiger partial charge in [-0.2, -0.15) is 9.78 Å². The van der Waals surface area contributed by atoms with E-state index in [9.17, 15) is 5.11 Å². The number of benzene rings is 1. The van der Waals surface area contributed by atoms with E-state index in [1.165, 1.54) is 37.7 Å². The molecule has 6 fully saturated rings. The highest BCUT2D eigenvalue weighted by Crippen LogP contribution is 2.79. The van der Waals surface area contributed by atoms with Gasteiger partial charge in [0.1, 0.15) is 5.75 Å². The molecular formula is C25H32O5. The monoisotopic (exact) mass is 412 g/mol. The molecule has 6 aliphatic rings. The molecule has 5 nitrogen and oxygen atoms in total. The van der Waals surface area contributed by atoms with E-state index in [4.69, 9.17) is 19.2 Å². The molecule has 1 N–H and O–H groups in total. The van der Waals surface area contributed by atoms with Gasteiger partial charge in [0.15, 0.2) is 0 Å². The molecule has 1 aromatic carbocycles. The Balaban J connectivity index is 1.08. The van der Waals surface area contributed by atoms with Gasteiger partial charge in [-0.25, -0.2) is 0 Å². The number of phenols is 1. The van der Waals surface area contributed by atoms with E-state index >= 15 is 0 Å². The molecule has 5 heteroatoms. The molecule has 5 saturated carbocycles. The molecule has 1 aromatic rings. The van der Waals surface area contributed by atoms with Crippen molar-refractivity contribution < 1.29 is 24.4 Å². The van der Waals surface area contributed by atoms with Crippen molar-refractivity contribution in [2.75, 3.05) is 7.11 Å². The highest BCUT2D eigenvalue weighted by atomic mass is 17.3. The fourth-order valence-electron chi connectivity index (χ4n) is 8.59. The number of methoxy groups -OCH3 is 1. The van der Waals surface area contributed by atoms with Crippen LogP contribution in [0.4, 0.5) is 0 Å². The smallest absolute Gasteiger partial charge is 0.210 e. The summed E-state index contributed by atoms with van der Waals surface area (Å²) in [7, 11) is 1.66. The third-order valence-electron chi connectivity index (χ3n) is 10.0. The Morgan fingerprint density at radius 3 is 2.40 bits per heavy atom. The minimum atomic E-state index is -0.557. The van der Waals surface area contributed by atoms with E-state index in [0.29, 0.717) is 35.5 Å². The third-order valence-corrected chi connectivity index (χ3v) is 10.0. The number of hydrogen-bond donors (Lipinski definition) is 1. The van der Waals surface area contributed by atoms with Crippen molar-refractivity contribution in [2.24, 2.45) is 29.1 Å². The van der Waals surface area contributed by atoms with Crippen molar-refractivity contribution in [3.8, 4) is 5.75 Å². The molecule has 0 amide bonds. The van der Waals surface area contributed by atoms with E-state index in [-0.39, 0.29) is 0 Å². The van der Waals surface area contributed by atoms with Crippen molar-refractivity contribution in [2.45, 2.75) is 81.9 Å². The summed E-state index contributed by atoms with van der Waals surface area (Å²) in [5, 5.41) is 10.1. The van der Waals surface area contributed by atoms with Crippen LogP contribution in [-0.4, -0.2) is 23.8 Å².